The molecule has 0 saturated carbocycles. The predicted molar refractivity (Wildman–Crippen MR) is 98.2 cm³/mol. The number of nitrogens with zero attached hydrogens (tertiary/aromatic N) is 2. The number of hydrogen-bond donors (Lipinski definition) is 0. The lowest BCUT2D eigenvalue weighted by atomic mass is 10.2. The van der Waals surface area contributed by atoms with Crippen LogP contribution in [0.3, 0.4) is 0 Å². The number of rotatable bonds is 5. The van der Waals surface area contributed by atoms with Gasteiger partial charge in [-0.15, -0.1) is 0 Å². The van der Waals surface area contributed by atoms with E-state index in [4.69, 9.17) is 9.47 Å². The van der Waals surface area contributed by atoms with E-state index in [1.54, 1.807) is 14.0 Å². The second-order valence-corrected chi connectivity index (χ2v) is 6.10. The Morgan fingerprint density at radius 1 is 1.00 bits per heavy atom. The molecule has 0 spiro atoms. The molecule has 1 amide bonds. The van der Waals surface area contributed by atoms with Crippen molar-refractivity contribution in [2.45, 2.75) is 13.5 Å². The molecule has 5 heteroatoms. The molecule has 0 radical (unpaired) electrons. The number of hydrogen-bond acceptors (Lipinski definition) is 4. The number of carbonyl (C=O) groups excluding carboxylic acids is 1. The van der Waals surface area contributed by atoms with Crippen LogP contribution < -0.4 is 14.4 Å². The van der Waals surface area contributed by atoms with Gasteiger partial charge in [-0.3, -0.25) is 4.79 Å². The van der Waals surface area contributed by atoms with Gasteiger partial charge < -0.3 is 19.3 Å². The van der Waals surface area contributed by atoms with Crippen LogP contribution in [0.15, 0.2) is 48.5 Å². The molecule has 132 valence electrons. The lowest BCUT2D eigenvalue weighted by molar-refractivity contribution is -0.129. The average Bonchev–Trinajstić information content (AvgIpc) is 2.67. The van der Waals surface area contributed by atoms with Crippen molar-refractivity contribution in [3.05, 3.63) is 54.1 Å². The third kappa shape index (κ3) is 4.24. The summed E-state index contributed by atoms with van der Waals surface area (Å²) in [6, 6.07) is 16.1. The van der Waals surface area contributed by atoms with Gasteiger partial charge in [0, 0.05) is 44.9 Å². The summed E-state index contributed by atoms with van der Waals surface area (Å²) in [5.74, 6) is 1.60. The van der Waals surface area contributed by atoms with E-state index in [-0.39, 0.29) is 5.91 Å². The Morgan fingerprint density at radius 2 is 1.72 bits per heavy atom. The van der Waals surface area contributed by atoms with Crippen LogP contribution in [-0.4, -0.2) is 44.1 Å². The average molecular weight is 340 g/mol. The Bertz CT molecular complexity index is 710. The minimum Gasteiger partial charge on any atom is -0.493 e. The summed E-state index contributed by atoms with van der Waals surface area (Å²) in [5, 5.41) is 0. The highest BCUT2D eigenvalue weighted by Gasteiger charge is 2.19. The summed E-state index contributed by atoms with van der Waals surface area (Å²) in [5.41, 5.74) is 2.21. The monoisotopic (exact) mass is 340 g/mol. The maximum atomic E-state index is 11.4. The van der Waals surface area contributed by atoms with E-state index in [1.807, 2.05) is 53.4 Å². The molecule has 1 saturated heterocycles. The molecule has 0 bridgehead atoms. The van der Waals surface area contributed by atoms with Crippen LogP contribution in [0, 0.1) is 0 Å². The summed E-state index contributed by atoms with van der Waals surface area (Å²) in [6.45, 7) is 5.29. The van der Waals surface area contributed by atoms with Gasteiger partial charge >= 0.3 is 0 Å². The first-order chi connectivity index (χ1) is 12.2. The molecule has 0 unspecified atom stereocenters. The summed E-state index contributed by atoms with van der Waals surface area (Å²) in [6.07, 6.45) is 0. The van der Waals surface area contributed by atoms with Crippen molar-refractivity contribution in [3.8, 4) is 11.5 Å². The molecular weight excluding hydrogens is 316 g/mol. The molecule has 5 nitrogen and oxygen atoms in total. The number of amides is 1. The Kier molecular flexibility index (Phi) is 5.43. The maximum Gasteiger partial charge on any atom is 0.219 e. The van der Waals surface area contributed by atoms with Gasteiger partial charge in [-0.2, -0.15) is 0 Å². The van der Waals surface area contributed by atoms with Gasteiger partial charge in [0.2, 0.25) is 5.91 Å². The van der Waals surface area contributed by atoms with E-state index < -0.39 is 0 Å². The van der Waals surface area contributed by atoms with Gasteiger partial charge in [0.1, 0.15) is 6.61 Å². The van der Waals surface area contributed by atoms with Crippen LogP contribution in [-0.2, 0) is 11.4 Å². The minimum absolute atomic E-state index is 0.141. The van der Waals surface area contributed by atoms with Gasteiger partial charge in [0.25, 0.3) is 0 Å². The third-order valence-corrected chi connectivity index (χ3v) is 4.47. The number of ether oxygens (including phenoxy) is 2. The molecular formula is C20H24N2O3. The molecule has 1 aliphatic heterocycles. The van der Waals surface area contributed by atoms with Crippen LogP contribution in [0.4, 0.5) is 5.69 Å². The first-order valence-corrected chi connectivity index (χ1v) is 8.52. The number of methoxy groups -OCH3 is 1. The SMILES string of the molecule is COc1cc(N2CCN(C(C)=O)CC2)ccc1OCc1ccccc1. The Balaban J connectivity index is 1.66. The fourth-order valence-electron chi connectivity index (χ4n) is 2.99. The first kappa shape index (κ1) is 17.1. The summed E-state index contributed by atoms with van der Waals surface area (Å²) in [4.78, 5) is 15.6. The van der Waals surface area contributed by atoms with Crippen molar-refractivity contribution in [1.82, 2.24) is 4.90 Å². The molecule has 0 aliphatic carbocycles. The van der Waals surface area contributed by atoms with Crippen molar-refractivity contribution in [3.63, 3.8) is 0 Å². The Labute approximate surface area is 148 Å². The van der Waals surface area contributed by atoms with Gasteiger partial charge in [0.15, 0.2) is 11.5 Å². The molecule has 25 heavy (non-hydrogen) atoms. The zero-order chi connectivity index (χ0) is 17.6. The second-order valence-electron chi connectivity index (χ2n) is 6.10. The van der Waals surface area contributed by atoms with Crippen molar-refractivity contribution >= 4 is 11.6 Å². The van der Waals surface area contributed by atoms with Gasteiger partial charge in [-0.1, -0.05) is 30.3 Å². The molecule has 3 rings (SSSR count). The molecule has 0 N–H and O–H groups in total. The van der Waals surface area contributed by atoms with Crippen molar-refractivity contribution in [2.24, 2.45) is 0 Å². The molecule has 2 aromatic carbocycles. The van der Waals surface area contributed by atoms with Crippen LogP contribution >= 0.6 is 0 Å². The first-order valence-electron chi connectivity index (χ1n) is 8.52. The third-order valence-electron chi connectivity index (χ3n) is 4.47. The van der Waals surface area contributed by atoms with Crippen LogP contribution in [0.1, 0.15) is 12.5 Å². The number of piperazine rings is 1. The van der Waals surface area contributed by atoms with E-state index >= 15 is 0 Å². The standard InChI is InChI=1S/C20H24N2O3/c1-16(23)21-10-12-22(13-11-21)18-8-9-19(20(14-18)24-2)25-15-17-6-4-3-5-7-17/h3-9,14H,10-13,15H2,1-2H3. The topological polar surface area (TPSA) is 42.0 Å². The second kappa shape index (κ2) is 7.92. The Morgan fingerprint density at radius 3 is 2.36 bits per heavy atom. The van der Waals surface area contributed by atoms with E-state index in [2.05, 4.69) is 4.90 Å². The normalized spacial score (nSPS) is 14.3. The molecule has 1 aliphatic rings. The summed E-state index contributed by atoms with van der Waals surface area (Å²) >= 11 is 0. The van der Waals surface area contributed by atoms with Gasteiger partial charge in [-0.25, -0.2) is 0 Å². The van der Waals surface area contributed by atoms with Crippen molar-refractivity contribution in [1.29, 1.82) is 0 Å². The van der Waals surface area contributed by atoms with Crippen molar-refractivity contribution < 1.29 is 14.3 Å². The lowest BCUT2D eigenvalue weighted by Gasteiger charge is -2.35. The minimum atomic E-state index is 0.141. The largest absolute Gasteiger partial charge is 0.493 e. The van der Waals surface area contributed by atoms with E-state index in [9.17, 15) is 4.79 Å². The van der Waals surface area contributed by atoms with Crippen LogP contribution in [0.5, 0.6) is 11.5 Å². The lowest BCUT2D eigenvalue weighted by Crippen LogP contribution is -2.48. The highest BCUT2D eigenvalue weighted by molar-refractivity contribution is 5.73. The number of carbonyl (C=O) groups is 1. The van der Waals surface area contributed by atoms with E-state index in [1.165, 1.54) is 0 Å². The molecule has 0 aromatic heterocycles. The van der Waals surface area contributed by atoms with Gasteiger partial charge in [-0.05, 0) is 17.7 Å². The highest BCUT2D eigenvalue weighted by atomic mass is 16.5. The van der Waals surface area contributed by atoms with Crippen molar-refractivity contribution in [2.75, 3.05) is 38.2 Å². The smallest absolute Gasteiger partial charge is 0.219 e. The summed E-state index contributed by atoms with van der Waals surface area (Å²) in [7, 11) is 1.65. The quantitative estimate of drug-likeness (QED) is 0.839. The molecule has 2 aromatic rings. The molecule has 1 fully saturated rings. The number of anilines is 1. The Hall–Kier alpha value is -2.69. The zero-order valence-corrected chi connectivity index (χ0v) is 14.8. The zero-order valence-electron chi connectivity index (χ0n) is 14.8. The highest BCUT2D eigenvalue weighted by Crippen LogP contribution is 2.32. The fourth-order valence-corrected chi connectivity index (χ4v) is 2.99. The number of benzene rings is 2. The van der Waals surface area contributed by atoms with E-state index in [0.29, 0.717) is 6.61 Å². The van der Waals surface area contributed by atoms with Crippen LogP contribution in [0.25, 0.3) is 0 Å². The fraction of sp³-hybridized carbons (Fsp3) is 0.350. The maximum absolute atomic E-state index is 11.4. The molecule has 1 heterocycles. The van der Waals surface area contributed by atoms with Gasteiger partial charge in [0.05, 0.1) is 7.11 Å². The van der Waals surface area contributed by atoms with Crippen LogP contribution in [0.2, 0.25) is 0 Å². The summed E-state index contributed by atoms with van der Waals surface area (Å²) < 4.78 is 11.4. The molecule has 0 atom stereocenters. The van der Waals surface area contributed by atoms with E-state index in [0.717, 1.165) is 48.9 Å². The predicted octanol–water partition coefficient (Wildman–Crippen LogP) is 2.94.